The summed E-state index contributed by atoms with van der Waals surface area (Å²) in [5.41, 5.74) is 7.37. The van der Waals surface area contributed by atoms with Crippen molar-refractivity contribution in [3.05, 3.63) is 54.4 Å². The first-order chi connectivity index (χ1) is 7.84. The minimum Gasteiger partial charge on any atom is -0.493 e. The van der Waals surface area contributed by atoms with Gasteiger partial charge in [0.15, 0.2) is 0 Å². The maximum Gasteiger partial charge on any atom is 0.119 e. The van der Waals surface area contributed by atoms with Crippen molar-refractivity contribution in [2.75, 3.05) is 12.3 Å². The molecule has 90 valence electrons. The normalized spacial score (nSPS) is 9.41. The van der Waals surface area contributed by atoms with Gasteiger partial charge in [0.05, 0.1) is 6.61 Å². The van der Waals surface area contributed by atoms with E-state index in [1.807, 2.05) is 42.5 Å². The maximum absolute atomic E-state index is 5.58. The molecule has 0 aliphatic heterocycles. The Kier molecular flexibility index (Phi) is 5.30. The van der Waals surface area contributed by atoms with Crippen LogP contribution in [0.2, 0.25) is 0 Å². The van der Waals surface area contributed by atoms with Crippen molar-refractivity contribution in [3.63, 3.8) is 0 Å². The summed E-state index contributed by atoms with van der Waals surface area (Å²) in [6, 6.07) is 13.3. The molecule has 0 fully saturated rings. The average molecular weight is 251 g/mol. The number of halogens is 1. The Bertz CT molecular complexity index is 431. The molecule has 0 saturated carbocycles. The molecule has 0 bridgehead atoms. The molecular formula is C13H15ClN2O. The van der Waals surface area contributed by atoms with Crippen LogP contribution in [-0.4, -0.2) is 11.6 Å². The lowest BCUT2D eigenvalue weighted by Crippen LogP contribution is -2.02. The van der Waals surface area contributed by atoms with Gasteiger partial charge in [-0.25, -0.2) is 0 Å². The lowest BCUT2D eigenvalue weighted by Gasteiger charge is -2.05. The number of nitrogens with two attached hydrogens (primary N) is 1. The van der Waals surface area contributed by atoms with E-state index in [9.17, 15) is 0 Å². The highest BCUT2D eigenvalue weighted by Gasteiger charge is 1.95. The van der Waals surface area contributed by atoms with Crippen LogP contribution in [0.3, 0.4) is 0 Å². The summed E-state index contributed by atoms with van der Waals surface area (Å²) < 4.78 is 5.57. The Labute approximate surface area is 107 Å². The van der Waals surface area contributed by atoms with Crippen LogP contribution in [0.25, 0.3) is 0 Å². The molecule has 0 saturated heterocycles. The van der Waals surface area contributed by atoms with Crippen LogP contribution in [0.5, 0.6) is 5.75 Å². The van der Waals surface area contributed by atoms with Crippen LogP contribution in [0.1, 0.15) is 5.69 Å². The zero-order valence-corrected chi connectivity index (χ0v) is 10.2. The van der Waals surface area contributed by atoms with Crippen molar-refractivity contribution in [2.24, 2.45) is 0 Å². The number of nitrogen functional groups attached to an aromatic ring is 1. The number of pyridine rings is 1. The first-order valence-electron chi connectivity index (χ1n) is 5.23. The summed E-state index contributed by atoms with van der Waals surface area (Å²) in [6.45, 7) is 0.626. The Balaban J connectivity index is 0.00000144. The second-order valence-electron chi connectivity index (χ2n) is 3.49. The van der Waals surface area contributed by atoms with Gasteiger partial charge in [-0.15, -0.1) is 12.4 Å². The molecule has 0 radical (unpaired) electrons. The van der Waals surface area contributed by atoms with E-state index in [1.54, 1.807) is 6.20 Å². The van der Waals surface area contributed by atoms with E-state index in [0.29, 0.717) is 6.61 Å². The van der Waals surface area contributed by atoms with Gasteiger partial charge in [-0.2, -0.15) is 0 Å². The van der Waals surface area contributed by atoms with Crippen LogP contribution >= 0.6 is 12.4 Å². The second-order valence-corrected chi connectivity index (χ2v) is 3.49. The summed E-state index contributed by atoms with van der Waals surface area (Å²) in [7, 11) is 0. The largest absolute Gasteiger partial charge is 0.493 e. The third-order valence-electron chi connectivity index (χ3n) is 2.23. The molecule has 1 aromatic heterocycles. The topological polar surface area (TPSA) is 48.1 Å². The Morgan fingerprint density at radius 2 is 1.82 bits per heavy atom. The first kappa shape index (κ1) is 13.3. The van der Waals surface area contributed by atoms with Crippen LogP contribution in [0.15, 0.2) is 48.7 Å². The predicted molar refractivity (Wildman–Crippen MR) is 71.5 cm³/mol. The summed E-state index contributed by atoms with van der Waals surface area (Å²) >= 11 is 0. The standard InChI is InChI=1S/C13H14N2O.ClH/c14-11-4-6-13(7-5-11)16-10-8-12-3-1-2-9-15-12;/h1-7,9H,8,10,14H2;1H. The molecule has 0 spiro atoms. The maximum atomic E-state index is 5.58. The Morgan fingerprint density at radius 1 is 1.06 bits per heavy atom. The quantitative estimate of drug-likeness (QED) is 0.849. The van der Waals surface area contributed by atoms with Gasteiger partial charge < -0.3 is 10.5 Å². The molecule has 3 nitrogen and oxygen atoms in total. The fourth-order valence-electron chi connectivity index (χ4n) is 1.38. The number of rotatable bonds is 4. The third-order valence-corrected chi connectivity index (χ3v) is 2.23. The van der Waals surface area contributed by atoms with Gasteiger partial charge in [0.25, 0.3) is 0 Å². The van der Waals surface area contributed by atoms with Crippen LogP contribution in [-0.2, 0) is 6.42 Å². The van der Waals surface area contributed by atoms with Gasteiger partial charge in [-0.1, -0.05) is 6.07 Å². The smallest absolute Gasteiger partial charge is 0.119 e. The first-order valence-corrected chi connectivity index (χ1v) is 5.23. The molecule has 0 unspecified atom stereocenters. The number of benzene rings is 1. The van der Waals surface area contributed by atoms with Crippen molar-refractivity contribution >= 4 is 18.1 Å². The molecule has 2 rings (SSSR count). The van der Waals surface area contributed by atoms with Gasteiger partial charge in [0.1, 0.15) is 5.75 Å². The van der Waals surface area contributed by atoms with Crippen LogP contribution in [0, 0.1) is 0 Å². The number of anilines is 1. The van der Waals surface area contributed by atoms with E-state index in [4.69, 9.17) is 10.5 Å². The lowest BCUT2D eigenvalue weighted by atomic mass is 10.3. The molecule has 0 aliphatic carbocycles. The Hall–Kier alpha value is -1.74. The minimum absolute atomic E-state index is 0. The van der Waals surface area contributed by atoms with E-state index in [0.717, 1.165) is 23.6 Å². The highest BCUT2D eigenvalue weighted by Crippen LogP contribution is 2.13. The van der Waals surface area contributed by atoms with Crippen molar-refractivity contribution in [1.82, 2.24) is 4.98 Å². The lowest BCUT2D eigenvalue weighted by molar-refractivity contribution is 0.320. The second kappa shape index (κ2) is 6.76. The van der Waals surface area contributed by atoms with E-state index in [2.05, 4.69) is 4.98 Å². The van der Waals surface area contributed by atoms with Gasteiger partial charge in [0.2, 0.25) is 0 Å². The molecule has 17 heavy (non-hydrogen) atoms. The van der Waals surface area contributed by atoms with Gasteiger partial charge in [-0.3, -0.25) is 4.98 Å². The van der Waals surface area contributed by atoms with E-state index >= 15 is 0 Å². The Morgan fingerprint density at radius 3 is 2.47 bits per heavy atom. The van der Waals surface area contributed by atoms with E-state index in [-0.39, 0.29) is 12.4 Å². The van der Waals surface area contributed by atoms with Crippen molar-refractivity contribution in [1.29, 1.82) is 0 Å². The fourth-order valence-corrected chi connectivity index (χ4v) is 1.38. The molecule has 0 aliphatic rings. The van der Waals surface area contributed by atoms with Crippen LogP contribution in [0.4, 0.5) is 5.69 Å². The van der Waals surface area contributed by atoms with Crippen molar-refractivity contribution in [3.8, 4) is 5.75 Å². The number of aromatic nitrogens is 1. The SMILES string of the molecule is Cl.Nc1ccc(OCCc2ccccn2)cc1. The number of hydrogen-bond acceptors (Lipinski definition) is 3. The third kappa shape index (κ3) is 4.33. The molecule has 2 aromatic rings. The van der Waals surface area contributed by atoms with Gasteiger partial charge in [0, 0.05) is 24.0 Å². The van der Waals surface area contributed by atoms with Crippen molar-refractivity contribution < 1.29 is 4.74 Å². The molecule has 0 amide bonds. The van der Waals surface area contributed by atoms with Crippen molar-refractivity contribution in [2.45, 2.75) is 6.42 Å². The molecule has 1 heterocycles. The number of ether oxygens (including phenoxy) is 1. The molecule has 1 aromatic carbocycles. The highest BCUT2D eigenvalue weighted by molar-refractivity contribution is 5.85. The molecule has 4 heteroatoms. The van der Waals surface area contributed by atoms with Gasteiger partial charge >= 0.3 is 0 Å². The summed E-state index contributed by atoms with van der Waals surface area (Å²) in [5.74, 6) is 0.838. The summed E-state index contributed by atoms with van der Waals surface area (Å²) in [5, 5.41) is 0. The number of hydrogen-bond donors (Lipinski definition) is 1. The fraction of sp³-hybridized carbons (Fsp3) is 0.154. The highest BCUT2D eigenvalue weighted by atomic mass is 35.5. The summed E-state index contributed by atoms with van der Waals surface area (Å²) in [6.07, 6.45) is 2.60. The van der Waals surface area contributed by atoms with Gasteiger partial charge in [-0.05, 0) is 36.4 Å². The zero-order chi connectivity index (χ0) is 11.2. The summed E-state index contributed by atoms with van der Waals surface area (Å²) in [4.78, 5) is 4.22. The minimum atomic E-state index is 0. The monoisotopic (exact) mass is 250 g/mol. The predicted octanol–water partition coefficient (Wildman–Crippen LogP) is 2.71. The molecule has 2 N–H and O–H groups in total. The zero-order valence-electron chi connectivity index (χ0n) is 9.37. The van der Waals surface area contributed by atoms with E-state index < -0.39 is 0 Å². The van der Waals surface area contributed by atoms with E-state index in [1.165, 1.54) is 0 Å². The number of nitrogens with zero attached hydrogens (tertiary/aromatic N) is 1. The molecular weight excluding hydrogens is 236 g/mol. The average Bonchev–Trinajstić information content (AvgIpc) is 2.33. The molecule has 0 atom stereocenters. The van der Waals surface area contributed by atoms with Crippen LogP contribution < -0.4 is 10.5 Å².